The van der Waals surface area contributed by atoms with Gasteiger partial charge in [-0.25, -0.2) is 9.69 Å². The molecule has 182 valence electrons. The summed E-state index contributed by atoms with van der Waals surface area (Å²) in [5.74, 6) is -4.84. The number of halogens is 4. The molecule has 2 aliphatic heterocycles. The van der Waals surface area contributed by atoms with Crippen LogP contribution in [0.15, 0.2) is 54.4 Å². The van der Waals surface area contributed by atoms with E-state index in [2.05, 4.69) is 15.6 Å². The normalized spacial score (nSPS) is 20.8. The summed E-state index contributed by atoms with van der Waals surface area (Å²) in [5.41, 5.74) is 0.168. The van der Waals surface area contributed by atoms with Crippen molar-refractivity contribution in [1.29, 1.82) is 0 Å². The number of aromatic nitrogens is 1. The van der Waals surface area contributed by atoms with Gasteiger partial charge < -0.3 is 10.1 Å². The van der Waals surface area contributed by atoms with Crippen molar-refractivity contribution < 1.29 is 37.1 Å². The lowest BCUT2D eigenvalue weighted by Gasteiger charge is -2.33. The van der Waals surface area contributed by atoms with E-state index in [-0.39, 0.29) is 34.1 Å². The van der Waals surface area contributed by atoms with Crippen LogP contribution in [0, 0.1) is 5.92 Å². The highest BCUT2D eigenvalue weighted by atomic mass is 35.5. The van der Waals surface area contributed by atoms with E-state index < -0.39 is 48.4 Å². The Morgan fingerprint density at radius 2 is 1.94 bits per heavy atom. The minimum Gasteiger partial charge on any atom is -0.484 e. The van der Waals surface area contributed by atoms with Crippen LogP contribution < -0.4 is 20.3 Å². The Labute approximate surface area is 200 Å². The monoisotopic (exact) mass is 508 g/mol. The molecule has 1 saturated heterocycles. The Hall–Kier alpha value is -3.93. The lowest BCUT2D eigenvalue weighted by atomic mass is 9.85. The maximum absolute atomic E-state index is 13.4. The summed E-state index contributed by atoms with van der Waals surface area (Å²) < 4.78 is 42.6. The molecular weight excluding hydrogens is 493 g/mol. The SMILES string of the molecule is O=C1NCC(C2=CC(c3cc(Cl)cc(OCC(F)(F)F)c3)C(=O)N(c3cccnc3)C2=O)C(=O)N1. The highest BCUT2D eigenvalue weighted by Gasteiger charge is 2.43. The number of nitrogens with one attached hydrogen (secondary N) is 2. The van der Waals surface area contributed by atoms with E-state index in [1.165, 1.54) is 42.7 Å². The summed E-state index contributed by atoms with van der Waals surface area (Å²) in [5, 5.41) is 4.49. The summed E-state index contributed by atoms with van der Waals surface area (Å²) in [6.07, 6.45) is -0.646. The van der Waals surface area contributed by atoms with E-state index in [0.29, 0.717) is 0 Å². The van der Waals surface area contributed by atoms with Crippen molar-refractivity contribution in [2.75, 3.05) is 18.1 Å². The molecule has 2 atom stereocenters. The fourth-order valence-electron chi connectivity index (χ4n) is 3.72. The number of carbonyl (C=O) groups is 4. The number of rotatable bonds is 5. The van der Waals surface area contributed by atoms with Gasteiger partial charge in [0.1, 0.15) is 5.75 Å². The van der Waals surface area contributed by atoms with Gasteiger partial charge in [-0.3, -0.25) is 24.7 Å². The number of alkyl halides is 3. The highest BCUT2D eigenvalue weighted by Crippen LogP contribution is 2.36. The summed E-state index contributed by atoms with van der Waals surface area (Å²) in [6.45, 7) is -1.77. The third-order valence-corrected chi connectivity index (χ3v) is 5.46. The van der Waals surface area contributed by atoms with Crippen LogP contribution in [0.25, 0.3) is 0 Å². The number of pyridine rings is 1. The van der Waals surface area contributed by atoms with E-state index in [9.17, 15) is 32.3 Å². The first kappa shape index (κ1) is 24.2. The third-order valence-electron chi connectivity index (χ3n) is 5.24. The standard InChI is InChI=1S/C22H16ClF3N4O5/c23-12-4-11(5-14(6-12)35-10-22(24,25)26)15-7-16(17-9-28-21(34)29-18(17)31)20(33)30(19(15)32)13-2-1-3-27-8-13/h1-8,15,17H,9-10H2,(H2,28,29,31,34). The topological polar surface area (TPSA) is 118 Å². The number of ether oxygens (including phenoxy) is 1. The van der Waals surface area contributed by atoms with Crippen molar-refractivity contribution in [1.82, 2.24) is 15.6 Å². The molecule has 5 amide bonds. The zero-order valence-corrected chi connectivity index (χ0v) is 18.4. The number of hydrogen-bond acceptors (Lipinski definition) is 6. The van der Waals surface area contributed by atoms with Gasteiger partial charge >= 0.3 is 12.2 Å². The van der Waals surface area contributed by atoms with Crippen LogP contribution in [-0.2, 0) is 14.4 Å². The zero-order valence-electron chi connectivity index (χ0n) is 17.6. The smallest absolute Gasteiger partial charge is 0.422 e. The Kier molecular flexibility index (Phi) is 6.48. The molecule has 4 rings (SSSR count). The van der Waals surface area contributed by atoms with Gasteiger partial charge in [0.2, 0.25) is 11.8 Å². The summed E-state index contributed by atoms with van der Waals surface area (Å²) >= 11 is 6.08. The first-order valence-corrected chi connectivity index (χ1v) is 10.5. The van der Waals surface area contributed by atoms with Gasteiger partial charge in [0, 0.05) is 23.3 Å². The van der Waals surface area contributed by atoms with Crippen LogP contribution >= 0.6 is 11.6 Å². The van der Waals surface area contributed by atoms with Crippen LogP contribution in [0.1, 0.15) is 11.5 Å². The lowest BCUT2D eigenvalue weighted by molar-refractivity contribution is -0.153. The van der Waals surface area contributed by atoms with Crippen molar-refractivity contribution in [3.63, 3.8) is 0 Å². The zero-order chi connectivity index (χ0) is 25.3. The van der Waals surface area contributed by atoms with E-state index in [1.54, 1.807) is 0 Å². The molecule has 1 fully saturated rings. The van der Waals surface area contributed by atoms with E-state index >= 15 is 0 Å². The Morgan fingerprint density at radius 1 is 1.17 bits per heavy atom. The molecule has 2 aliphatic rings. The van der Waals surface area contributed by atoms with Crippen LogP contribution in [0.5, 0.6) is 5.75 Å². The van der Waals surface area contributed by atoms with Crippen molar-refractivity contribution in [2.45, 2.75) is 12.1 Å². The third kappa shape index (κ3) is 5.27. The minimum absolute atomic E-state index is 0.00470. The Balaban J connectivity index is 1.79. The van der Waals surface area contributed by atoms with Crippen LogP contribution in [-0.4, -0.2) is 48.1 Å². The molecule has 0 bridgehead atoms. The predicted molar refractivity (Wildman–Crippen MR) is 116 cm³/mol. The number of benzene rings is 1. The molecule has 0 radical (unpaired) electrons. The molecule has 3 heterocycles. The van der Waals surface area contributed by atoms with Gasteiger partial charge in [-0.2, -0.15) is 13.2 Å². The molecule has 35 heavy (non-hydrogen) atoms. The largest absolute Gasteiger partial charge is 0.484 e. The van der Waals surface area contributed by atoms with Gasteiger partial charge in [0.25, 0.3) is 5.91 Å². The first-order valence-electron chi connectivity index (χ1n) is 10.1. The maximum atomic E-state index is 13.4. The molecule has 9 nitrogen and oxygen atoms in total. The number of urea groups is 1. The molecule has 1 aromatic heterocycles. The van der Waals surface area contributed by atoms with Gasteiger partial charge in [0.05, 0.1) is 23.7 Å². The van der Waals surface area contributed by atoms with Gasteiger partial charge in [-0.1, -0.05) is 17.7 Å². The van der Waals surface area contributed by atoms with Crippen LogP contribution in [0.3, 0.4) is 0 Å². The fraction of sp³-hybridized carbons (Fsp3) is 0.227. The van der Waals surface area contributed by atoms with Gasteiger partial charge in [0.15, 0.2) is 6.61 Å². The molecule has 2 N–H and O–H groups in total. The molecule has 2 aromatic rings. The lowest BCUT2D eigenvalue weighted by Crippen LogP contribution is -2.55. The molecule has 0 saturated carbocycles. The quantitative estimate of drug-likeness (QED) is 0.600. The minimum atomic E-state index is -4.60. The molecule has 2 unspecified atom stereocenters. The second-order valence-electron chi connectivity index (χ2n) is 7.67. The van der Waals surface area contributed by atoms with Gasteiger partial charge in [-0.05, 0) is 35.9 Å². The van der Waals surface area contributed by atoms with E-state index in [1.807, 2.05) is 0 Å². The fourth-order valence-corrected chi connectivity index (χ4v) is 3.95. The van der Waals surface area contributed by atoms with Crippen molar-refractivity contribution in [3.8, 4) is 5.75 Å². The number of nitrogens with zero attached hydrogens (tertiary/aromatic N) is 2. The molecule has 0 aliphatic carbocycles. The number of amides is 5. The van der Waals surface area contributed by atoms with E-state index in [0.717, 1.165) is 11.0 Å². The summed E-state index contributed by atoms with van der Waals surface area (Å²) in [7, 11) is 0. The van der Waals surface area contributed by atoms with Crippen molar-refractivity contribution in [2.24, 2.45) is 5.92 Å². The molecule has 13 heteroatoms. The van der Waals surface area contributed by atoms with E-state index in [4.69, 9.17) is 16.3 Å². The van der Waals surface area contributed by atoms with Crippen molar-refractivity contribution in [3.05, 3.63) is 65.0 Å². The van der Waals surface area contributed by atoms with Gasteiger partial charge in [-0.15, -0.1) is 0 Å². The highest BCUT2D eigenvalue weighted by molar-refractivity contribution is 6.31. The average molecular weight is 509 g/mol. The second kappa shape index (κ2) is 9.37. The first-order chi connectivity index (χ1) is 16.5. The number of hydrogen-bond donors (Lipinski definition) is 2. The maximum Gasteiger partial charge on any atom is 0.422 e. The van der Waals surface area contributed by atoms with Crippen LogP contribution in [0.2, 0.25) is 5.02 Å². The van der Waals surface area contributed by atoms with Crippen LogP contribution in [0.4, 0.5) is 23.7 Å². The van der Waals surface area contributed by atoms with Crippen molar-refractivity contribution >= 4 is 41.0 Å². The number of imide groups is 2. The predicted octanol–water partition coefficient (Wildman–Crippen LogP) is 2.72. The second-order valence-corrected chi connectivity index (χ2v) is 8.10. The Bertz CT molecular complexity index is 1240. The summed E-state index contributed by atoms with van der Waals surface area (Å²) in [6, 6.07) is 5.93. The molecule has 0 spiro atoms. The summed E-state index contributed by atoms with van der Waals surface area (Å²) in [4.78, 5) is 55.5. The average Bonchev–Trinajstić information content (AvgIpc) is 2.78. The Morgan fingerprint density at radius 3 is 2.60 bits per heavy atom. The molecule has 1 aromatic carbocycles. The molecular formula is C22H16ClF3N4O5. The number of carbonyl (C=O) groups excluding carboxylic acids is 4. The number of anilines is 1.